The monoisotopic (exact) mass is 410 g/mol. The predicted molar refractivity (Wildman–Crippen MR) is 115 cm³/mol. The number of nitrogens with zero attached hydrogens (tertiary/aromatic N) is 4. The van der Waals surface area contributed by atoms with E-state index in [2.05, 4.69) is 67.9 Å². The van der Waals surface area contributed by atoms with Crippen molar-refractivity contribution in [2.24, 2.45) is 0 Å². The Bertz CT molecular complexity index is 953. The number of piperazine rings is 1. The van der Waals surface area contributed by atoms with Crippen molar-refractivity contribution in [3.05, 3.63) is 60.9 Å². The van der Waals surface area contributed by atoms with E-state index in [0.29, 0.717) is 0 Å². The summed E-state index contributed by atoms with van der Waals surface area (Å²) >= 11 is 0. The number of hydrogen-bond acceptors (Lipinski definition) is 5. The Labute approximate surface area is 175 Å². The summed E-state index contributed by atoms with van der Waals surface area (Å²) in [5.41, 5.74) is 3.68. The number of hydrogen-bond donors (Lipinski definition) is 2. The van der Waals surface area contributed by atoms with Gasteiger partial charge in [-0.3, -0.25) is 4.90 Å². The molecule has 1 saturated heterocycles. The van der Waals surface area contributed by atoms with E-state index >= 15 is 0 Å². The minimum absolute atomic E-state index is 1.04. The van der Waals surface area contributed by atoms with Crippen LogP contribution in [-0.4, -0.2) is 69.3 Å². The van der Waals surface area contributed by atoms with Crippen LogP contribution in [0.15, 0.2) is 60.9 Å². The Kier molecular flexibility index (Phi) is 7.40. The molecule has 0 amide bonds. The fourth-order valence-electron chi connectivity index (χ4n) is 3.52. The maximum absolute atomic E-state index is 9.10. The minimum Gasteiger partial charge on any atom is -0.473 e. The van der Waals surface area contributed by atoms with Crippen LogP contribution in [-0.2, 0) is 16.1 Å². The summed E-state index contributed by atoms with van der Waals surface area (Å²) in [6, 6.07) is 19.1. The molecule has 0 atom stereocenters. The molecule has 2 aromatic carbocycles. The zero-order chi connectivity index (χ0) is 21.3. The SMILES string of the molecule is O=C(O)C(=O)O.c1ccc(N2CCN(CCCn3cnc4ccccc43)CC2)cc1. The van der Waals surface area contributed by atoms with Crippen LogP contribution in [0.25, 0.3) is 11.0 Å². The van der Waals surface area contributed by atoms with E-state index in [4.69, 9.17) is 19.8 Å². The number of carbonyl (C=O) groups is 2. The van der Waals surface area contributed by atoms with Gasteiger partial charge in [0.25, 0.3) is 0 Å². The highest BCUT2D eigenvalue weighted by Gasteiger charge is 2.16. The summed E-state index contributed by atoms with van der Waals surface area (Å²) in [7, 11) is 0. The molecule has 2 heterocycles. The van der Waals surface area contributed by atoms with Gasteiger partial charge in [-0.15, -0.1) is 0 Å². The van der Waals surface area contributed by atoms with Crippen molar-refractivity contribution < 1.29 is 19.8 Å². The van der Waals surface area contributed by atoms with Gasteiger partial charge < -0.3 is 19.7 Å². The van der Waals surface area contributed by atoms with Crippen LogP contribution in [0, 0.1) is 0 Å². The first-order valence-corrected chi connectivity index (χ1v) is 9.93. The molecule has 0 radical (unpaired) electrons. The lowest BCUT2D eigenvalue weighted by Gasteiger charge is -2.36. The lowest BCUT2D eigenvalue weighted by atomic mass is 10.2. The molecule has 0 bridgehead atoms. The maximum Gasteiger partial charge on any atom is 0.414 e. The molecule has 30 heavy (non-hydrogen) atoms. The number of carboxylic acid groups (broad SMARTS) is 2. The van der Waals surface area contributed by atoms with E-state index in [-0.39, 0.29) is 0 Å². The number of aromatic nitrogens is 2. The Morgan fingerprint density at radius 2 is 1.47 bits per heavy atom. The average Bonchev–Trinajstić information content (AvgIpc) is 3.18. The largest absolute Gasteiger partial charge is 0.473 e. The number of aryl methyl sites for hydroxylation is 1. The van der Waals surface area contributed by atoms with Gasteiger partial charge in [-0.1, -0.05) is 30.3 Å². The molecular weight excluding hydrogens is 384 g/mol. The summed E-state index contributed by atoms with van der Waals surface area (Å²) in [6.45, 7) is 6.75. The first-order valence-electron chi connectivity index (χ1n) is 9.93. The van der Waals surface area contributed by atoms with Gasteiger partial charge in [0.15, 0.2) is 0 Å². The van der Waals surface area contributed by atoms with Gasteiger partial charge in [0.2, 0.25) is 0 Å². The van der Waals surface area contributed by atoms with Crippen molar-refractivity contribution in [1.82, 2.24) is 14.5 Å². The van der Waals surface area contributed by atoms with Gasteiger partial charge in [0.1, 0.15) is 0 Å². The second kappa shape index (κ2) is 10.4. The van der Waals surface area contributed by atoms with E-state index in [1.54, 1.807) is 0 Å². The predicted octanol–water partition coefficient (Wildman–Crippen LogP) is 2.40. The summed E-state index contributed by atoms with van der Waals surface area (Å²) < 4.78 is 2.27. The molecular formula is C22H26N4O4. The molecule has 1 aromatic heterocycles. The van der Waals surface area contributed by atoms with Gasteiger partial charge in [-0.25, -0.2) is 14.6 Å². The van der Waals surface area contributed by atoms with Crippen LogP contribution in [0.5, 0.6) is 0 Å². The van der Waals surface area contributed by atoms with Crippen LogP contribution in [0.1, 0.15) is 6.42 Å². The molecule has 2 N–H and O–H groups in total. The molecule has 1 aliphatic heterocycles. The highest BCUT2D eigenvalue weighted by molar-refractivity contribution is 6.27. The van der Waals surface area contributed by atoms with E-state index in [1.165, 1.54) is 17.6 Å². The molecule has 0 unspecified atom stereocenters. The number of benzene rings is 2. The smallest absolute Gasteiger partial charge is 0.414 e. The molecule has 8 nitrogen and oxygen atoms in total. The first-order chi connectivity index (χ1) is 14.5. The number of carboxylic acids is 2. The van der Waals surface area contributed by atoms with Gasteiger partial charge in [0, 0.05) is 38.4 Å². The summed E-state index contributed by atoms with van der Waals surface area (Å²) in [6.07, 6.45) is 3.14. The molecule has 1 fully saturated rings. The van der Waals surface area contributed by atoms with Gasteiger partial charge >= 0.3 is 11.9 Å². The van der Waals surface area contributed by atoms with Crippen molar-refractivity contribution in [1.29, 1.82) is 0 Å². The third-order valence-corrected chi connectivity index (χ3v) is 5.08. The Morgan fingerprint density at radius 1 is 0.833 bits per heavy atom. The second-order valence-corrected chi connectivity index (χ2v) is 7.05. The topological polar surface area (TPSA) is 98.9 Å². The zero-order valence-electron chi connectivity index (χ0n) is 16.7. The standard InChI is InChI=1S/C20H24N4.C2H2O4/c1-2-7-18(8-3-1)23-15-13-22(14-16-23)11-6-12-24-17-21-19-9-4-5-10-20(19)24;3-1(4)2(5)6/h1-5,7-10,17H,6,11-16H2;(H,3,4)(H,5,6). The Morgan fingerprint density at radius 3 is 2.13 bits per heavy atom. The van der Waals surface area contributed by atoms with E-state index < -0.39 is 11.9 Å². The molecule has 0 spiro atoms. The van der Waals surface area contributed by atoms with E-state index in [9.17, 15) is 0 Å². The van der Waals surface area contributed by atoms with Crippen molar-refractivity contribution >= 4 is 28.7 Å². The molecule has 0 saturated carbocycles. The highest BCUT2D eigenvalue weighted by Crippen LogP contribution is 2.16. The number of para-hydroxylation sites is 3. The third-order valence-electron chi connectivity index (χ3n) is 5.08. The number of imidazole rings is 1. The molecule has 4 rings (SSSR count). The van der Waals surface area contributed by atoms with E-state index in [0.717, 1.165) is 44.8 Å². The van der Waals surface area contributed by atoms with E-state index in [1.807, 2.05) is 12.4 Å². The second-order valence-electron chi connectivity index (χ2n) is 7.05. The quantitative estimate of drug-likeness (QED) is 0.623. The number of rotatable bonds is 5. The summed E-state index contributed by atoms with van der Waals surface area (Å²) in [5.74, 6) is -3.65. The first kappa shape index (κ1) is 21.3. The van der Waals surface area contributed by atoms with Crippen molar-refractivity contribution in [3.63, 3.8) is 0 Å². The molecule has 8 heteroatoms. The number of aliphatic carboxylic acids is 2. The maximum atomic E-state index is 9.10. The number of fused-ring (bicyclic) bond motifs is 1. The highest BCUT2D eigenvalue weighted by atomic mass is 16.4. The van der Waals surface area contributed by atoms with Crippen LogP contribution < -0.4 is 4.90 Å². The average molecular weight is 410 g/mol. The Balaban J connectivity index is 0.000000377. The van der Waals surface area contributed by atoms with Crippen molar-refractivity contribution in [3.8, 4) is 0 Å². The summed E-state index contributed by atoms with van der Waals surface area (Å²) in [4.78, 5) is 27.7. The fraction of sp³-hybridized carbons (Fsp3) is 0.318. The van der Waals surface area contributed by atoms with Crippen molar-refractivity contribution in [2.75, 3.05) is 37.6 Å². The molecule has 0 aliphatic carbocycles. The molecule has 3 aromatic rings. The lowest BCUT2D eigenvalue weighted by molar-refractivity contribution is -0.159. The summed E-state index contributed by atoms with van der Waals surface area (Å²) in [5, 5.41) is 14.8. The van der Waals surface area contributed by atoms with Gasteiger partial charge in [-0.2, -0.15) is 0 Å². The lowest BCUT2D eigenvalue weighted by Crippen LogP contribution is -2.46. The molecule has 1 aliphatic rings. The van der Waals surface area contributed by atoms with Gasteiger partial charge in [-0.05, 0) is 37.2 Å². The van der Waals surface area contributed by atoms with Gasteiger partial charge in [0.05, 0.1) is 17.4 Å². The fourth-order valence-corrected chi connectivity index (χ4v) is 3.52. The molecule has 158 valence electrons. The Hall–Kier alpha value is -3.39. The van der Waals surface area contributed by atoms with Crippen molar-refractivity contribution in [2.45, 2.75) is 13.0 Å². The minimum atomic E-state index is -1.82. The number of anilines is 1. The zero-order valence-corrected chi connectivity index (χ0v) is 16.7. The van der Waals surface area contributed by atoms with Crippen LogP contribution in [0.4, 0.5) is 5.69 Å². The van der Waals surface area contributed by atoms with Crippen LogP contribution in [0.2, 0.25) is 0 Å². The van der Waals surface area contributed by atoms with Crippen LogP contribution in [0.3, 0.4) is 0 Å². The normalized spacial score (nSPS) is 14.2. The van der Waals surface area contributed by atoms with Crippen LogP contribution >= 0.6 is 0 Å². The third kappa shape index (κ3) is 5.81.